The second kappa shape index (κ2) is 11.9. The molecule has 0 bridgehead atoms. The van der Waals surface area contributed by atoms with E-state index in [1.807, 2.05) is 6.07 Å². The summed E-state index contributed by atoms with van der Waals surface area (Å²) in [6.07, 6.45) is 3.84. The minimum atomic E-state index is -0.627. The molecule has 4 rings (SSSR count). The first-order chi connectivity index (χ1) is 17.3. The van der Waals surface area contributed by atoms with Crippen LogP contribution in [0.1, 0.15) is 48.0 Å². The molecule has 1 aliphatic rings. The highest BCUT2D eigenvalue weighted by Crippen LogP contribution is 2.37. The molecule has 1 atom stereocenters. The number of halogens is 2. The van der Waals surface area contributed by atoms with Gasteiger partial charge in [0.1, 0.15) is 0 Å². The van der Waals surface area contributed by atoms with Gasteiger partial charge in [0.25, 0.3) is 0 Å². The SMILES string of the molecule is CN(C)C(c1ccccc1)C1CCC(NC(=O)CNC(=O)c2nc(-c3cc(Cl)cc(Cl)c3)no2)CC1. The van der Waals surface area contributed by atoms with Crippen molar-refractivity contribution in [3.8, 4) is 11.4 Å². The maximum absolute atomic E-state index is 12.5. The molecule has 1 fully saturated rings. The van der Waals surface area contributed by atoms with Crippen LogP contribution in [0.4, 0.5) is 0 Å². The largest absolute Gasteiger partial charge is 0.352 e. The van der Waals surface area contributed by atoms with E-state index < -0.39 is 5.91 Å². The molecule has 0 radical (unpaired) electrons. The van der Waals surface area contributed by atoms with Crippen molar-refractivity contribution in [3.63, 3.8) is 0 Å². The molecule has 0 aliphatic heterocycles. The minimum absolute atomic E-state index is 0.0897. The number of rotatable bonds is 8. The summed E-state index contributed by atoms with van der Waals surface area (Å²) < 4.78 is 5.04. The molecule has 1 heterocycles. The molecular formula is C26H29Cl2N5O3. The summed E-state index contributed by atoms with van der Waals surface area (Å²) in [6, 6.07) is 15.8. The number of aromatic nitrogens is 2. The number of benzene rings is 2. The Hall–Kier alpha value is -2.94. The lowest BCUT2D eigenvalue weighted by atomic mass is 9.78. The normalized spacial score (nSPS) is 18.6. The second-order valence-corrected chi connectivity index (χ2v) is 10.1. The summed E-state index contributed by atoms with van der Waals surface area (Å²) in [7, 11) is 4.23. The van der Waals surface area contributed by atoms with Gasteiger partial charge < -0.3 is 20.1 Å². The van der Waals surface area contributed by atoms with E-state index in [0.717, 1.165) is 25.7 Å². The average Bonchev–Trinajstić information content (AvgIpc) is 3.34. The molecule has 2 aromatic carbocycles. The van der Waals surface area contributed by atoms with Crippen LogP contribution in [0.25, 0.3) is 11.4 Å². The van der Waals surface area contributed by atoms with Crippen LogP contribution in [0.5, 0.6) is 0 Å². The van der Waals surface area contributed by atoms with Crippen molar-refractivity contribution < 1.29 is 14.1 Å². The molecule has 1 saturated carbocycles. The number of amides is 2. The first-order valence-corrected chi connectivity index (χ1v) is 12.6. The number of nitrogens with zero attached hydrogens (tertiary/aromatic N) is 3. The zero-order valence-electron chi connectivity index (χ0n) is 20.2. The van der Waals surface area contributed by atoms with Gasteiger partial charge in [-0.2, -0.15) is 4.98 Å². The summed E-state index contributed by atoms with van der Waals surface area (Å²) in [5.41, 5.74) is 1.84. The van der Waals surface area contributed by atoms with E-state index in [1.54, 1.807) is 18.2 Å². The molecule has 8 nitrogen and oxygen atoms in total. The summed E-state index contributed by atoms with van der Waals surface area (Å²) in [5.74, 6) is -0.420. The minimum Gasteiger partial charge on any atom is -0.352 e. The molecule has 2 N–H and O–H groups in total. The predicted molar refractivity (Wildman–Crippen MR) is 139 cm³/mol. The summed E-state index contributed by atoms with van der Waals surface area (Å²) in [6.45, 7) is -0.177. The van der Waals surface area contributed by atoms with Gasteiger partial charge in [-0.05, 0) is 69.5 Å². The molecule has 36 heavy (non-hydrogen) atoms. The molecule has 0 spiro atoms. The van der Waals surface area contributed by atoms with Crippen molar-refractivity contribution in [1.29, 1.82) is 0 Å². The van der Waals surface area contributed by atoms with E-state index in [2.05, 4.69) is 64.0 Å². The van der Waals surface area contributed by atoms with Gasteiger partial charge >= 0.3 is 11.8 Å². The lowest BCUT2D eigenvalue weighted by Crippen LogP contribution is -2.44. The van der Waals surface area contributed by atoms with Crippen LogP contribution in [0, 0.1) is 5.92 Å². The van der Waals surface area contributed by atoms with E-state index in [4.69, 9.17) is 27.7 Å². The molecule has 1 unspecified atom stereocenters. The zero-order valence-corrected chi connectivity index (χ0v) is 21.7. The van der Waals surface area contributed by atoms with Gasteiger partial charge in [-0.15, -0.1) is 0 Å². The Balaban J connectivity index is 1.25. The zero-order chi connectivity index (χ0) is 25.7. The Morgan fingerprint density at radius 3 is 2.36 bits per heavy atom. The highest BCUT2D eigenvalue weighted by atomic mass is 35.5. The Kier molecular flexibility index (Phi) is 8.61. The Morgan fingerprint density at radius 1 is 1.06 bits per heavy atom. The molecule has 1 aromatic heterocycles. The van der Waals surface area contributed by atoms with Gasteiger partial charge in [-0.1, -0.05) is 58.7 Å². The lowest BCUT2D eigenvalue weighted by molar-refractivity contribution is -0.121. The maximum Gasteiger partial charge on any atom is 0.316 e. The van der Waals surface area contributed by atoms with Crippen LogP contribution in [-0.4, -0.2) is 53.5 Å². The quantitative estimate of drug-likeness (QED) is 0.436. The van der Waals surface area contributed by atoms with Crippen LogP contribution in [0.15, 0.2) is 53.1 Å². The van der Waals surface area contributed by atoms with Crippen LogP contribution in [0.2, 0.25) is 10.0 Å². The van der Waals surface area contributed by atoms with Crippen molar-refractivity contribution in [2.45, 2.75) is 37.8 Å². The number of carbonyl (C=O) groups is 2. The van der Waals surface area contributed by atoms with E-state index in [9.17, 15) is 9.59 Å². The molecule has 190 valence electrons. The van der Waals surface area contributed by atoms with Crippen molar-refractivity contribution in [2.75, 3.05) is 20.6 Å². The summed E-state index contributed by atoms with van der Waals surface area (Å²) in [4.78, 5) is 31.2. The van der Waals surface area contributed by atoms with Gasteiger partial charge in [-0.25, -0.2) is 0 Å². The fourth-order valence-electron chi connectivity index (χ4n) is 4.85. The van der Waals surface area contributed by atoms with E-state index >= 15 is 0 Å². The van der Waals surface area contributed by atoms with Gasteiger partial charge in [0.2, 0.25) is 11.7 Å². The van der Waals surface area contributed by atoms with E-state index in [1.165, 1.54) is 5.56 Å². The smallest absolute Gasteiger partial charge is 0.316 e. The van der Waals surface area contributed by atoms with Crippen LogP contribution < -0.4 is 10.6 Å². The summed E-state index contributed by atoms with van der Waals surface area (Å²) in [5, 5.41) is 10.2. The Morgan fingerprint density at radius 2 is 1.72 bits per heavy atom. The maximum atomic E-state index is 12.5. The molecule has 10 heteroatoms. The Bertz CT molecular complexity index is 1170. The van der Waals surface area contributed by atoms with Crippen molar-refractivity contribution in [1.82, 2.24) is 25.7 Å². The first kappa shape index (κ1) is 26.1. The van der Waals surface area contributed by atoms with Crippen LogP contribution in [-0.2, 0) is 4.79 Å². The topological polar surface area (TPSA) is 100 Å². The van der Waals surface area contributed by atoms with Crippen LogP contribution in [0.3, 0.4) is 0 Å². The van der Waals surface area contributed by atoms with E-state index in [-0.39, 0.29) is 30.2 Å². The van der Waals surface area contributed by atoms with Gasteiger partial charge in [0.15, 0.2) is 0 Å². The second-order valence-electron chi connectivity index (χ2n) is 9.26. The summed E-state index contributed by atoms with van der Waals surface area (Å²) >= 11 is 12.0. The van der Waals surface area contributed by atoms with Crippen LogP contribution >= 0.6 is 23.2 Å². The monoisotopic (exact) mass is 529 g/mol. The van der Waals surface area contributed by atoms with Crippen molar-refractivity contribution >= 4 is 35.0 Å². The third kappa shape index (κ3) is 6.63. The number of carbonyl (C=O) groups excluding carboxylic acids is 2. The fourth-order valence-corrected chi connectivity index (χ4v) is 5.38. The Labute approximate surface area is 220 Å². The highest BCUT2D eigenvalue weighted by molar-refractivity contribution is 6.35. The molecule has 1 aliphatic carbocycles. The van der Waals surface area contributed by atoms with Gasteiger partial charge in [0.05, 0.1) is 6.54 Å². The van der Waals surface area contributed by atoms with Crippen molar-refractivity contribution in [3.05, 3.63) is 70.0 Å². The fraction of sp³-hybridized carbons (Fsp3) is 0.385. The number of nitrogens with one attached hydrogen (secondary N) is 2. The molecule has 2 amide bonds. The number of hydrogen-bond acceptors (Lipinski definition) is 6. The van der Waals surface area contributed by atoms with Crippen molar-refractivity contribution in [2.24, 2.45) is 5.92 Å². The number of hydrogen-bond donors (Lipinski definition) is 2. The predicted octanol–water partition coefficient (Wildman–Crippen LogP) is 4.75. The molecular weight excluding hydrogens is 501 g/mol. The van der Waals surface area contributed by atoms with Gasteiger partial charge in [-0.3, -0.25) is 9.59 Å². The average molecular weight is 530 g/mol. The third-order valence-electron chi connectivity index (χ3n) is 6.43. The standard InChI is InChI=1S/C26H29Cl2N5O3/c1-33(2)23(16-6-4-3-5-7-16)17-8-10-21(11-9-17)30-22(34)15-29-25(35)26-31-24(32-36-26)18-12-19(27)14-20(28)13-18/h3-7,12-14,17,21,23H,8-11,15H2,1-2H3,(H,29,35)(H,30,34). The molecule has 0 saturated heterocycles. The van der Waals surface area contributed by atoms with E-state index in [0.29, 0.717) is 27.6 Å². The molecule has 3 aromatic rings. The highest BCUT2D eigenvalue weighted by Gasteiger charge is 2.30. The third-order valence-corrected chi connectivity index (χ3v) is 6.87. The van der Waals surface area contributed by atoms with Gasteiger partial charge in [0, 0.05) is 27.7 Å². The lowest BCUT2D eigenvalue weighted by Gasteiger charge is -2.37. The first-order valence-electron chi connectivity index (χ1n) is 11.9.